The van der Waals surface area contributed by atoms with E-state index in [1.807, 2.05) is 48.7 Å². The van der Waals surface area contributed by atoms with Gasteiger partial charge in [0.15, 0.2) is 11.6 Å². The van der Waals surface area contributed by atoms with Crippen molar-refractivity contribution >= 4 is 10.8 Å². The van der Waals surface area contributed by atoms with Crippen molar-refractivity contribution in [3.8, 4) is 34.0 Å². The molecule has 0 aliphatic heterocycles. The van der Waals surface area contributed by atoms with Crippen LogP contribution in [0.4, 0.5) is 0 Å². The SMILES string of the molecule is C1=CCC(c2nc(-c3ccccc3)nc(-c3ccc(-c4nccc5ccccc45)cc3)n2)C=C1. The Kier molecular flexibility index (Phi) is 5.24. The first-order valence-electron chi connectivity index (χ1n) is 11.4. The van der Waals surface area contributed by atoms with Crippen molar-refractivity contribution in [2.75, 3.05) is 0 Å². The molecule has 4 nitrogen and oxygen atoms in total. The van der Waals surface area contributed by atoms with Gasteiger partial charge in [-0.05, 0) is 17.9 Å². The molecule has 34 heavy (non-hydrogen) atoms. The third-order valence-corrected chi connectivity index (χ3v) is 6.09. The Morgan fingerprint density at radius 2 is 1.32 bits per heavy atom. The van der Waals surface area contributed by atoms with Gasteiger partial charge in [-0.3, -0.25) is 4.98 Å². The van der Waals surface area contributed by atoms with Crippen LogP contribution in [0, 0.1) is 0 Å². The van der Waals surface area contributed by atoms with Crippen LogP contribution in [-0.4, -0.2) is 19.9 Å². The van der Waals surface area contributed by atoms with E-state index in [9.17, 15) is 0 Å². The normalized spacial score (nSPS) is 15.0. The molecule has 1 aliphatic carbocycles. The Morgan fingerprint density at radius 1 is 0.618 bits per heavy atom. The molecule has 0 N–H and O–H groups in total. The van der Waals surface area contributed by atoms with Gasteiger partial charge in [-0.1, -0.05) is 103 Å². The number of benzene rings is 3. The summed E-state index contributed by atoms with van der Waals surface area (Å²) in [5, 5.41) is 2.32. The summed E-state index contributed by atoms with van der Waals surface area (Å²) in [6.07, 6.45) is 11.2. The predicted molar refractivity (Wildman–Crippen MR) is 137 cm³/mol. The number of hydrogen-bond donors (Lipinski definition) is 0. The van der Waals surface area contributed by atoms with Crippen LogP contribution in [0.25, 0.3) is 44.8 Å². The first kappa shape index (κ1) is 20.2. The second-order valence-electron chi connectivity index (χ2n) is 8.32. The number of allylic oxidation sites excluding steroid dienone is 4. The van der Waals surface area contributed by atoms with Crippen LogP contribution in [0.3, 0.4) is 0 Å². The van der Waals surface area contributed by atoms with E-state index in [-0.39, 0.29) is 5.92 Å². The van der Waals surface area contributed by atoms with Crippen molar-refractivity contribution in [1.82, 2.24) is 19.9 Å². The fourth-order valence-electron chi connectivity index (χ4n) is 4.30. The molecule has 0 radical (unpaired) electrons. The second kappa shape index (κ2) is 8.83. The van der Waals surface area contributed by atoms with E-state index in [1.54, 1.807) is 0 Å². The molecular formula is C30H22N4. The fraction of sp³-hybridized carbons (Fsp3) is 0.0667. The first-order valence-corrected chi connectivity index (χ1v) is 11.4. The highest BCUT2D eigenvalue weighted by Crippen LogP contribution is 2.30. The second-order valence-corrected chi connectivity index (χ2v) is 8.32. The summed E-state index contributed by atoms with van der Waals surface area (Å²) in [6, 6.07) is 28.8. The van der Waals surface area contributed by atoms with Crippen molar-refractivity contribution in [2.45, 2.75) is 12.3 Å². The highest BCUT2D eigenvalue weighted by Gasteiger charge is 2.17. The number of hydrogen-bond acceptors (Lipinski definition) is 4. The molecular weight excluding hydrogens is 416 g/mol. The van der Waals surface area contributed by atoms with Gasteiger partial charge in [0.25, 0.3) is 0 Å². The van der Waals surface area contributed by atoms with Gasteiger partial charge in [-0.25, -0.2) is 15.0 Å². The van der Waals surface area contributed by atoms with Gasteiger partial charge in [0.1, 0.15) is 5.82 Å². The van der Waals surface area contributed by atoms with Crippen molar-refractivity contribution in [1.29, 1.82) is 0 Å². The van der Waals surface area contributed by atoms with E-state index in [4.69, 9.17) is 15.0 Å². The molecule has 0 amide bonds. The summed E-state index contributed by atoms with van der Waals surface area (Å²) in [6.45, 7) is 0. The minimum Gasteiger partial charge on any atom is -0.256 e. The number of rotatable bonds is 4. The monoisotopic (exact) mass is 438 g/mol. The molecule has 0 spiro atoms. The lowest BCUT2D eigenvalue weighted by molar-refractivity contribution is 0.764. The molecule has 0 saturated carbocycles. The molecule has 1 atom stereocenters. The average molecular weight is 439 g/mol. The summed E-state index contributed by atoms with van der Waals surface area (Å²) in [4.78, 5) is 19.2. The van der Waals surface area contributed by atoms with Crippen LogP contribution in [0.5, 0.6) is 0 Å². The third-order valence-electron chi connectivity index (χ3n) is 6.09. The molecule has 1 unspecified atom stereocenters. The topological polar surface area (TPSA) is 51.6 Å². The predicted octanol–water partition coefficient (Wildman–Crippen LogP) is 7.02. The molecule has 0 bridgehead atoms. The van der Waals surface area contributed by atoms with E-state index < -0.39 is 0 Å². The van der Waals surface area contributed by atoms with Crippen LogP contribution >= 0.6 is 0 Å². The zero-order valence-electron chi connectivity index (χ0n) is 18.5. The van der Waals surface area contributed by atoms with Gasteiger partial charge in [0.2, 0.25) is 0 Å². The standard InChI is InChI=1S/C30H22N4/c1-3-10-23(11-4-1)28-32-29(24-12-5-2-6-13-24)34-30(33-28)25-17-15-22(16-18-25)27-26-14-8-7-9-21(26)19-20-31-27/h1-12,14-20,24H,13H2. The van der Waals surface area contributed by atoms with Crippen molar-refractivity contribution in [2.24, 2.45) is 0 Å². The van der Waals surface area contributed by atoms with E-state index in [1.165, 1.54) is 5.39 Å². The van der Waals surface area contributed by atoms with E-state index in [0.29, 0.717) is 11.6 Å². The smallest absolute Gasteiger partial charge is 0.163 e. The Morgan fingerprint density at radius 3 is 2.09 bits per heavy atom. The lowest BCUT2D eigenvalue weighted by Crippen LogP contribution is -2.07. The van der Waals surface area contributed by atoms with Gasteiger partial charge >= 0.3 is 0 Å². The molecule has 1 aliphatic rings. The number of fused-ring (bicyclic) bond motifs is 1. The summed E-state index contributed by atoms with van der Waals surface area (Å²) in [5.41, 5.74) is 3.99. The lowest BCUT2D eigenvalue weighted by Gasteiger charge is -2.14. The van der Waals surface area contributed by atoms with Gasteiger partial charge in [0.05, 0.1) is 5.69 Å². The quantitative estimate of drug-likeness (QED) is 0.302. The van der Waals surface area contributed by atoms with Crippen molar-refractivity contribution in [3.05, 3.63) is 121 Å². The highest BCUT2D eigenvalue weighted by molar-refractivity contribution is 5.94. The van der Waals surface area contributed by atoms with E-state index in [2.05, 4.69) is 71.8 Å². The zero-order valence-corrected chi connectivity index (χ0v) is 18.5. The van der Waals surface area contributed by atoms with Gasteiger partial charge in [-0.2, -0.15) is 0 Å². The van der Waals surface area contributed by atoms with Crippen molar-refractivity contribution in [3.63, 3.8) is 0 Å². The molecule has 162 valence electrons. The maximum absolute atomic E-state index is 4.88. The Bertz CT molecular complexity index is 1510. The molecule has 2 heterocycles. The Labute approximate surface area is 198 Å². The fourth-order valence-corrected chi connectivity index (χ4v) is 4.30. The Hall–Kier alpha value is -4.44. The summed E-state index contributed by atoms with van der Waals surface area (Å²) in [5.74, 6) is 2.32. The van der Waals surface area contributed by atoms with E-state index in [0.717, 1.165) is 40.0 Å². The number of pyridine rings is 1. The minimum absolute atomic E-state index is 0.147. The van der Waals surface area contributed by atoms with Crippen LogP contribution in [-0.2, 0) is 0 Å². The molecule has 0 saturated heterocycles. The van der Waals surface area contributed by atoms with Gasteiger partial charge in [-0.15, -0.1) is 0 Å². The van der Waals surface area contributed by atoms with Crippen LogP contribution in [0.15, 0.2) is 115 Å². The average Bonchev–Trinajstić information content (AvgIpc) is 2.93. The number of aromatic nitrogens is 4. The summed E-state index contributed by atoms with van der Waals surface area (Å²) in [7, 11) is 0. The summed E-state index contributed by atoms with van der Waals surface area (Å²) < 4.78 is 0. The molecule has 3 aromatic carbocycles. The Balaban J connectivity index is 1.42. The molecule has 2 aromatic heterocycles. The van der Waals surface area contributed by atoms with Gasteiger partial charge < -0.3 is 0 Å². The van der Waals surface area contributed by atoms with E-state index >= 15 is 0 Å². The highest BCUT2D eigenvalue weighted by atomic mass is 15.0. The molecule has 0 fully saturated rings. The van der Waals surface area contributed by atoms with Gasteiger partial charge in [0, 0.05) is 34.2 Å². The lowest BCUT2D eigenvalue weighted by atomic mass is 9.99. The van der Waals surface area contributed by atoms with Crippen molar-refractivity contribution < 1.29 is 0 Å². The van der Waals surface area contributed by atoms with Crippen LogP contribution in [0.2, 0.25) is 0 Å². The molecule has 6 rings (SSSR count). The number of nitrogens with zero attached hydrogens (tertiary/aromatic N) is 4. The maximum Gasteiger partial charge on any atom is 0.163 e. The maximum atomic E-state index is 4.88. The van der Waals surface area contributed by atoms with Crippen LogP contribution in [0.1, 0.15) is 18.2 Å². The third kappa shape index (κ3) is 3.90. The molecule has 5 aromatic rings. The zero-order chi connectivity index (χ0) is 22.7. The van der Waals surface area contributed by atoms with Crippen LogP contribution < -0.4 is 0 Å². The largest absolute Gasteiger partial charge is 0.256 e. The first-order chi connectivity index (χ1) is 16.8. The summed E-state index contributed by atoms with van der Waals surface area (Å²) >= 11 is 0. The molecule has 4 heteroatoms. The minimum atomic E-state index is 0.147.